The number of rotatable bonds is 7. The number of unbranched alkanes of at least 4 members (excludes halogenated alkanes) is 1. The van der Waals surface area contributed by atoms with E-state index in [2.05, 4.69) is 31.2 Å². The third-order valence-electron chi connectivity index (χ3n) is 3.23. The quantitative estimate of drug-likeness (QED) is 0.674. The molecular weight excluding hydrogens is 212 g/mol. The minimum absolute atomic E-state index is 0.523. The first-order chi connectivity index (χ1) is 8.13. The van der Waals surface area contributed by atoms with Crippen LogP contribution in [0.4, 0.5) is 0 Å². The monoisotopic (exact) mass is 236 g/mol. The summed E-state index contributed by atoms with van der Waals surface area (Å²) in [7, 11) is 3.36. The van der Waals surface area contributed by atoms with Crippen molar-refractivity contribution in [2.75, 3.05) is 14.2 Å². The predicted molar refractivity (Wildman–Crippen MR) is 71.2 cm³/mol. The molecule has 0 atom stereocenters. The molecule has 0 aliphatic carbocycles. The van der Waals surface area contributed by atoms with Crippen molar-refractivity contribution < 1.29 is 9.47 Å². The molecule has 0 heterocycles. The minimum atomic E-state index is -0.523. The minimum Gasteiger partial charge on any atom is -0.353 e. The summed E-state index contributed by atoms with van der Waals surface area (Å²) >= 11 is 0. The second-order valence-electron chi connectivity index (χ2n) is 4.64. The summed E-state index contributed by atoms with van der Waals surface area (Å²) in [6, 6.07) is 8.75. The van der Waals surface area contributed by atoms with Crippen LogP contribution in [0.25, 0.3) is 0 Å². The van der Waals surface area contributed by atoms with Crippen LogP contribution in [0.2, 0.25) is 0 Å². The van der Waals surface area contributed by atoms with Gasteiger partial charge in [-0.3, -0.25) is 0 Å². The van der Waals surface area contributed by atoms with E-state index in [0.29, 0.717) is 0 Å². The van der Waals surface area contributed by atoms with Gasteiger partial charge in [-0.25, -0.2) is 0 Å². The molecular formula is C15H24O2. The molecule has 0 saturated heterocycles. The predicted octanol–water partition coefficient (Wildman–Crippen LogP) is 3.58. The zero-order valence-corrected chi connectivity index (χ0v) is 11.5. The van der Waals surface area contributed by atoms with Gasteiger partial charge >= 0.3 is 0 Å². The molecule has 1 rings (SSSR count). The molecule has 2 nitrogen and oxygen atoms in total. The van der Waals surface area contributed by atoms with Crippen molar-refractivity contribution in [2.24, 2.45) is 0 Å². The molecule has 0 saturated carbocycles. The number of ether oxygens (including phenoxy) is 2. The number of hydrogen-bond acceptors (Lipinski definition) is 2. The van der Waals surface area contributed by atoms with Crippen molar-refractivity contribution in [3.8, 4) is 0 Å². The SMILES string of the molecule is CCCCc1ccc(CC(C)(OC)OC)cc1. The Morgan fingerprint density at radius 2 is 1.53 bits per heavy atom. The molecule has 96 valence electrons. The zero-order valence-electron chi connectivity index (χ0n) is 11.5. The van der Waals surface area contributed by atoms with Gasteiger partial charge in [0, 0.05) is 20.6 Å². The fourth-order valence-electron chi connectivity index (χ4n) is 1.80. The van der Waals surface area contributed by atoms with E-state index in [1.165, 1.54) is 30.4 Å². The first kappa shape index (κ1) is 14.2. The molecule has 0 spiro atoms. The lowest BCUT2D eigenvalue weighted by molar-refractivity contribution is -0.191. The van der Waals surface area contributed by atoms with Gasteiger partial charge in [-0.2, -0.15) is 0 Å². The van der Waals surface area contributed by atoms with Crippen LogP contribution in [-0.2, 0) is 22.3 Å². The van der Waals surface area contributed by atoms with E-state index in [-0.39, 0.29) is 0 Å². The second kappa shape index (κ2) is 6.77. The average Bonchev–Trinajstić information content (AvgIpc) is 2.38. The molecule has 2 heteroatoms. The molecule has 0 radical (unpaired) electrons. The summed E-state index contributed by atoms with van der Waals surface area (Å²) < 4.78 is 10.7. The molecule has 0 amide bonds. The highest BCUT2D eigenvalue weighted by Gasteiger charge is 2.22. The van der Waals surface area contributed by atoms with Crippen molar-refractivity contribution >= 4 is 0 Å². The van der Waals surface area contributed by atoms with Crippen LogP contribution in [0.3, 0.4) is 0 Å². The Morgan fingerprint density at radius 3 is 2.00 bits per heavy atom. The van der Waals surface area contributed by atoms with Crippen LogP contribution < -0.4 is 0 Å². The van der Waals surface area contributed by atoms with Gasteiger partial charge in [0.05, 0.1) is 0 Å². The van der Waals surface area contributed by atoms with E-state index >= 15 is 0 Å². The summed E-state index contributed by atoms with van der Waals surface area (Å²) in [5.41, 5.74) is 2.66. The Balaban J connectivity index is 2.61. The van der Waals surface area contributed by atoms with E-state index in [9.17, 15) is 0 Å². The fraction of sp³-hybridized carbons (Fsp3) is 0.600. The van der Waals surface area contributed by atoms with Gasteiger partial charge in [-0.1, -0.05) is 37.6 Å². The molecule has 0 aliphatic heterocycles. The van der Waals surface area contributed by atoms with E-state index in [4.69, 9.17) is 9.47 Å². The number of aryl methyl sites for hydroxylation is 1. The van der Waals surface area contributed by atoms with E-state index in [1.54, 1.807) is 14.2 Å². The topological polar surface area (TPSA) is 18.5 Å². The Hall–Kier alpha value is -0.860. The Bertz CT molecular complexity index is 312. The first-order valence-corrected chi connectivity index (χ1v) is 6.31. The van der Waals surface area contributed by atoms with Crippen molar-refractivity contribution in [3.63, 3.8) is 0 Å². The van der Waals surface area contributed by atoms with Crippen LogP contribution in [-0.4, -0.2) is 20.0 Å². The Morgan fingerprint density at radius 1 is 1.00 bits per heavy atom. The highest BCUT2D eigenvalue weighted by atomic mass is 16.7. The van der Waals surface area contributed by atoms with Crippen LogP contribution in [0.5, 0.6) is 0 Å². The Labute approximate surface area is 105 Å². The first-order valence-electron chi connectivity index (χ1n) is 6.31. The van der Waals surface area contributed by atoms with Crippen molar-refractivity contribution in [3.05, 3.63) is 35.4 Å². The fourth-order valence-corrected chi connectivity index (χ4v) is 1.80. The van der Waals surface area contributed by atoms with Crippen molar-refractivity contribution in [2.45, 2.75) is 45.3 Å². The van der Waals surface area contributed by atoms with Gasteiger partial charge in [-0.05, 0) is 30.9 Å². The molecule has 1 aromatic carbocycles. The zero-order chi connectivity index (χ0) is 12.7. The summed E-state index contributed by atoms with van der Waals surface area (Å²) in [5.74, 6) is -0.523. The maximum atomic E-state index is 5.36. The van der Waals surface area contributed by atoms with Gasteiger partial charge in [0.15, 0.2) is 5.79 Å². The average molecular weight is 236 g/mol. The van der Waals surface area contributed by atoms with Crippen molar-refractivity contribution in [1.82, 2.24) is 0 Å². The van der Waals surface area contributed by atoms with Crippen LogP contribution >= 0.6 is 0 Å². The molecule has 0 unspecified atom stereocenters. The summed E-state index contributed by atoms with van der Waals surface area (Å²) in [6.45, 7) is 4.18. The molecule has 0 N–H and O–H groups in total. The number of methoxy groups -OCH3 is 2. The van der Waals surface area contributed by atoms with Gasteiger partial charge in [-0.15, -0.1) is 0 Å². The number of benzene rings is 1. The molecule has 1 aromatic rings. The smallest absolute Gasteiger partial charge is 0.168 e. The van der Waals surface area contributed by atoms with Gasteiger partial charge in [0.1, 0.15) is 0 Å². The lowest BCUT2D eigenvalue weighted by Gasteiger charge is -2.26. The lowest BCUT2D eigenvalue weighted by Crippen LogP contribution is -2.32. The molecule has 17 heavy (non-hydrogen) atoms. The number of hydrogen-bond donors (Lipinski definition) is 0. The summed E-state index contributed by atoms with van der Waals surface area (Å²) in [4.78, 5) is 0. The molecule has 0 bridgehead atoms. The third-order valence-corrected chi connectivity index (χ3v) is 3.23. The maximum Gasteiger partial charge on any atom is 0.168 e. The van der Waals surface area contributed by atoms with Gasteiger partial charge < -0.3 is 9.47 Å². The third kappa shape index (κ3) is 4.49. The lowest BCUT2D eigenvalue weighted by atomic mass is 10.0. The highest BCUT2D eigenvalue weighted by Crippen LogP contribution is 2.18. The van der Waals surface area contributed by atoms with Crippen molar-refractivity contribution in [1.29, 1.82) is 0 Å². The largest absolute Gasteiger partial charge is 0.353 e. The molecule has 0 aromatic heterocycles. The van der Waals surface area contributed by atoms with Crippen LogP contribution in [0.1, 0.15) is 37.8 Å². The maximum absolute atomic E-state index is 5.36. The van der Waals surface area contributed by atoms with Crippen LogP contribution in [0.15, 0.2) is 24.3 Å². The molecule has 0 aliphatic rings. The van der Waals surface area contributed by atoms with E-state index in [1.807, 2.05) is 6.92 Å². The Kier molecular flexibility index (Phi) is 5.66. The molecule has 0 fully saturated rings. The summed E-state index contributed by atoms with van der Waals surface area (Å²) in [6.07, 6.45) is 4.44. The van der Waals surface area contributed by atoms with Gasteiger partial charge in [0.2, 0.25) is 0 Å². The summed E-state index contributed by atoms with van der Waals surface area (Å²) in [5, 5.41) is 0. The van der Waals surface area contributed by atoms with E-state index < -0.39 is 5.79 Å². The normalized spacial score (nSPS) is 11.8. The second-order valence-corrected chi connectivity index (χ2v) is 4.64. The van der Waals surface area contributed by atoms with Crippen LogP contribution in [0, 0.1) is 0 Å². The highest BCUT2D eigenvalue weighted by molar-refractivity contribution is 5.23. The van der Waals surface area contributed by atoms with Gasteiger partial charge in [0.25, 0.3) is 0 Å². The van der Waals surface area contributed by atoms with E-state index in [0.717, 1.165) is 6.42 Å². The standard InChI is InChI=1S/C15H24O2/c1-5-6-7-13-8-10-14(11-9-13)12-15(2,16-3)17-4/h8-11H,5-7,12H2,1-4H3.